The number of rotatable bonds is 1. The van der Waals surface area contributed by atoms with Crippen molar-refractivity contribution in [2.75, 3.05) is 21.2 Å². The summed E-state index contributed by atoms with van der Waals surface area (Å²) >= 11 is 4.76. The molecule has 6 nitrogen and oxygen atoms in total. The summed E-state index contributed by atoms with van der Waals surface area (Å²) in [7, 11) is 4.80. The van der Waals surface area contributed by atoms with E-state index in [-0.39, 0.29) is 5.11 Å². The molecule has 7 heteroatoms. The molecule has 0 saturated heterocycles. The molecule has 0 fully saturated rings. The van der Waals surface area contributed by atoms with Gasteiger partial charge >= 0.3 is 6.09 Å². The third kappa shape index (κ3) is 5.69. The molecule has 0 aliphatic carbocycles. The zero-order valence-corrected chi connectivity index (χ0v) is 7.99. The first kappa shape index (κ1) is 10.9. The normalized spacial score (nSPS) is 9.00. The number of nitrogens with zero attached hydrogens (tertiary/aromatic N) is 1. The Labute approximate surface area is 76.2 Å². The molecule has 0 bridgehead atoms. The van der Waals surface area contributed by atoms with Crippen LogP contribution in [0.2, 0.25) is 0 Å². The van der Waals surface area contributed by atoms with Crippen molar-refractivity contribution in [2.24, 2.45) is 0 Å². The lowest BCUT2D eigenvalue weighted by molar-refractivity contribution is 0.168. The second-order valence-corrected chi connectivity index (χ2v) is 2.49. The molecule has 0 rings (SSSR count). The van der Waals surface area contributed by atoms with Crippen molar-refractivity contribution in [1.82, 2.24) is 21.3 Å². The van der Waals surface area contributed by atoms with Crippen LogP contribution in [0.4, 0.5) is 4.79 Å². The van der Waals surface area contributed by atoms with Crippen LogP contribution in [0.1, 0.15) is 0 Å². The summed E-state index contributed by atoms with van der Waals surface area (Å²) in [6.45, 7) is 0. The molecule has 70 valence electrons. The van der Waals surface area contributed by atoms with Crippen molar-refractivity contribution in [3.05, 3.63) is 0 Å². The number of ether oxygens (including phenoxy) is 1. The first-order valence-electron chi connectivity index (χ1n) is 3.14. The lowest BCUT2D eigenvalue weighted by Gasteiger charge is -2.15. The molecule has 0 aromatic rings. The molecule has 0 atom stereocenters. The smallest absolute Gasteiger partial charge is 0.425 e. The standard InChI is InChI=1S/C5H12N4O2S/c1-9(2)8-4(12)6-7-5(10)11-3/h1-3H3,(H,7,10)(H2,6,8,12). The molecule has 0 aliphatic heterocycles. The summed E-state index contributed by atoms with van der Waals surface area (Å²) in [6, 6.07) is 0. The largest absolute Gasteiger partial charge is 0.452 e. The third-order valence-corrected chi connectivity index (χ3v) is 0.982. The monoisotopic (exact) mass is 192 g/mol. The van der Waals surface area contributed by atoms with E-state index in [4.69, 9.17) is 12.2 Å². The minimum atomic E-state index is -0.599. The van der Waals surface area contributed by atoms with E-state index in [1.807, 2.05) is 0 Å². The van der Waals surface area contributed by atoms with E-state index in [9.17, 15) is 4.79 Å². The molecular weight excluding hydrogens is 180 g/mol. The van der Waals surface area contributed by atoms with Gasteiger partial charge in [0.05, 0.1) is 7.11 Å². The number of amides is 1. The van der Waals surface area contributed by atoms with Gasteiger partial charge in [0.25, 0.3) is 0 Å². The van der Waals surface area contributed by atoms with Crippen LogP contribution in [-0.4, -0.2) is 37.4 Å². The predicted octanol–water partition coefficient (Wildman–Crippen LogP) is -0.802. The number of nitrogens with one attached hydrogen (secondary N) is 3. The van der Waals surface area contributed by atoms with E-state index in [1.165, 1.54) is 7.11 Å². The molecular formula is C5H12N4O2S. The minimum absolute atomic E-state index is 0.283. The van der Waals surface area contributed by atoms with E-state index < -0.39 is 6.09 Å². The van der Waals surface area contributed by atoms with Gasteiger partial charge in [-0.1, -0.05) is 0 Å². The van der Waals surface area contributed by atoms with Crippen LogP contribution < -0.4 is 16.3 Å². The Morgan fingerprint density at radius 3 is 2.42 bits per heavy atom. The Morgan fingerprint density at radius 1 is 1.42 bits per heavy atom. The Balaban J connectivity index is 3.51. The quantitative estimate of drug-likeness (QED) is 0.373. The SMILES string of the molecule is COC(=O)NNC(=S)NN(C)C. The predicted molar refractivity (Wildman–Crippen MR) is 48.1 cm³/mol. The van der Waals surface area contributed by atoms with Gasteiger partial charge < -0.3 is 4.74 Å². The Kier molecular flexibility index (Phi) is 5.06. The number of carbonyl (C=O) groups excluding carboxylic acids is 1. The minimum Gasteiger partial charge on any atom is -0.452 e. The number of methoxy groups -OCH3 is 1. The molecule has 0 saturated carbocycles. The van der Waals surface area contributed by atoms with Crippen LogP contribution >= 0.6 is 12.2 Å². The van der Waals surface area contributed by atoms with Crippen molar-refractivity contribution < 1.29 is 9.53 Å². The van der Waals surface area contributed by atoms with Crippen LogP contribution in [0.3, 0.4) is 0 Å². The molecule has 12 heavy (non-hydrogen) atoms. The first-order valence-corrected chi connectivity index (χ1v) is 3.55. The summed E-state index contributed by atoms with van der Waals surface area (Å²) in [4.78, 5) is 10.5. The Morgan fingerprint density at radius 2 is 2.00 bits per heavy atom. The average Bonchev–Trinajstić information content (AvgIpc) is 1.99. The Bertz CT molecular complexity index is 173. The van der Waals surface area contributed by atoms with Gasteiger partial charge in [-0.3, -0.25) is 10.9 Å². The summed E-state index contributed by atoms with van der Waals surface area (Å²) < 4.78 is 4.29. The maximum Gasteiger partial charge on any atom is 0.425 e. The molecule has 0 aromatic carbocycles. The second kappa shape index (κ2) is 5.56. The maximum atomic E-state index is 10.5. The summed E-state index contributed by atoms with van der Waals surface area (Å²) in [5.41, 5.74) is 7.32. The van der Waals surface area contributed by atoms with Crippen LogP contribution in [0.5, 0.6) is 0 Å². The first-order chi connectivity index (χ1) is 5.56. The molecule has 0 radical (unpaired) electrons. The molecule has 0 aromatic heterocycles. The molecule has 0 unspecified atom stereocenters. The van der Waals surface area contributed by atoms with Gasteiger partial charge in [-0.15, -0.1) is 0 Å². The fraction of sp³-hybridized carbons (Fsp3) is 0.600. The highest BCUT2D eigenvalue weighted by molar-refractivity contribution is 7.80. The van der Waals surface area contributed by atoms with Gasteiger partial charge in [0.1, 0.15) is 0 Å². The van der Waals surface area contributed by atoms with Crippen molar-refractivity contribution in [3.63, 3.8) is 0 Å². The van der Waals surface area contributed by atoms with Gasteiger partial charge in [-0.25, -0.2) is 15.2 Å². The highest BCUT2D eigenvalue weighted by Gasteiger charge is 1.98. The van der Waals surface area contributed by atoms with Crippen LogP contribution in [0.15, 0.2) is 0 Å². The van der Waals surface area contributed by atoms with E-state index in [0.29, 0.717) is 0 Å². The van der Waals surface area contributed by atoms with E-state index >= 15 is 0 Å². The zero-order valence-electron chi connectivity index (χ0n) is 7.17. The Hall–Kier alpha value is -1.08. The fourth-order valence-electron chi connectivity index (χ4n) is 0.390. The van der Waals surface area contributed by atoms with Gasteiger partial charge in [0.2, 0.25) is 0 Å². The van der Waals surface area contributed by atoms with Gasteiger partial charge in [-0.2, -0.15) is 0 Å². The summed E-state index contributed by atoms with van der Waals surface area (Å²) in [6.07, 6.45) is -0.599. The number of thiocarbonyl (C=S) groups is 1. The van der Waals surface area contributed by atoms with Gasteiger partial charge in [-0.05, 0) is 12.2 Å². The van der Waals surface area contributed by atoms with Crippen LogP contribution in [-0.2, 0) is 4.74 Å². The highest BCUT2D eigenvalue weighted by atomic mass is 32.1. The lowest BCUT2D eigenvalue weighted by atomic mass is 11.0. The van der Waals surface area contributed by atoms with Gasteiger partial charge in [0, 0.05) is 14.1 Å². The number of hydrogen-bond donors (Lipinski definition) is 3. The van der Waals surface area contributed by atoms with Crippen LogP contribution in [0, 0.1) is 0 Å². The number of hydrogen-bond acceptors (Lipinski definition) is 4. The molecule has 0 heterocycles. The van der Waals surface area contributed by atoms with Gasteiger partial charge in [0.15, 0.2) is 5.11 Å². The second-order valence-electron chi connectivity index (χ2n) is 2.08. The van der Waals surface area contributed by atoms with Crippen LogP contribution in [0.25, 0.3) is 0 Å². The number of hydrazine groups is 2. The zero-order chi connectivity index (χ0) is 9.56. The third-order valence-electron chi connectivity index (χ3n) is 0.789. The molecule has 1 amide bonds. The molecule has 0 aliphatic rings. The van der Waals surface area contributed by atoms with E-state index in [1.54, 1.807) is 19.1 Å². The number of carbonyl (C=O) groups is 1. The lowest BCUT2D eigenvalue weighted by Crippen LogP contribution is -2.50. The van der Waals surface area contributed by atoms with Crippen molar-refractivity contribution in [2.45, 2.75) is 0 Å². The van der Waals surface area contributed by atoms with E-state index in [0.717, 1.165) is 0 Å². The fourth-order valence-corrected chi connectivity index (χ4v) is 0.623. The van der Waals surface area contributed by atoms with Crippen molar-refractivity contribution in [3.8, 4) is 0 Å². The van der Waals surface area contributed by atoms with Crippen molar-refractivity contribution >= 4 is 23.4 Å². The van der Waals surface area contributed by atoms with E-state index in [2.05, 4.69) is 21.0 Å². The maximum absolute atomic E-state index is 10.5. The average molecular weight is 192 g/mol. The topological polar surface area (TPSA) is 65.6 Å². The molecule has 3 N–H and O–H groups in total. The summed E-state index contributed by atoms with van der Waals surface area (Å²) in [5, 5.41) is 1.92. The summed E-state index contributed by atoms with van der Waals surface area (Å²) in [5.74, 6) is 0. The van der Waals surface area contributed by atoms with Crippen molar-refractivity contribution in [1.29, 1.82) is 0 Å². The highest BCUT2D eigenvalue weighted by Crippen LogP contribution is 1.69. The molecule has 0 spiro atoms.